The van der Waals surface area contributed by atoms with E-state index in [1.807, 2.05) is 0 Å². The van der Waals surface area contributed by atoms with Gasteiger partial charge in [0.25, 0.3) is 0 Å². The van der Waals surface area contributed by atoms with E-state index in [9.17, 15) is 4.79 Å². The van der Waals surface area contributed by atoms with Crippen LogP contribution in [0.4, 0.5) is 9.93 Å². The number of nitrogens with zero attached hydrogens (tertiary/aromatic N) is 4. The van der Waals surface area contributed by atoms with Crippen molar-refractivity contribution in [2.45, 2.75) is 49.6 Å². The van der Waals surface area contributed by atoms with Gasteiger partial charge in [0.1, 0.15) is 6.23 Å². The van der Waals surface area contributed by atoms with Gasteiger partial charge in [-0.2, -0.15) is 0 Å². The Morgan fingerprint density at radius 3 is 2.91 bits per heavy atom. The lowest BCUT2D eigenvalue weighted by atomic mass is 10.2. The smallest absolute Gasteiger partial charge is 0.328 e. The van der Waals surface area contributed by atoms with E-state index in [2.05, 4.69) is 17.1 Å². The molecule has 2 heterocycles. The van der Waals surface area contributed by atoms with Gasteiger partial charge >= 0.3 is 6.03 Å². The third kappa shape index (κ3) is 4.33. The van der Waals surface area contributed by atoms with Gasteiger partial charge in [-0.3, -0.25) is 0 Å². The van der Waals surface area contributed by atoms with E-state index < -0.39 is 0 Å². The summed E-state index contributed by atoms with van der Waals surface area (Å²) in [4.78, 5) is 15.6. The first-order valence-electron chi connectivity index (χ1n) is 7.70. The van der Waals surface area contributed by atoms with Crippen LogP contribution in [0.3, 0.4) is 0 Å². The molecule has 0 radical (unpaired) electrons. The monoisotopic (exact) mass is 344 g/mol. The molecule has 22 heavy (non-hydrogen) atoms. The minimum absolute atomic E-state index is 0.0752. The van der Waals surface area contributed by atoms with Crippen LogP contribution in [0.1, 0.15) is 39.0 Å². The number of thioether (sulfide) groups is 1. The highest BCUT2D eigenvalue weighted by Gasteiger charge is 2.35. The molecule has 1 fully saturated rings. The fraction of sp³-hybridized carbons (Fsp3) is 0.786. The molecule has 1 atom stereocenters. The van der Waals surface area contributed by atoms with Crippen LogP contribution < -0.4 is 4.90 Å². The molecule has 8 heteroatoms. The summed E-state index contributed by atoms with van der Waals surface area (Å²) in [5.74, 6) is 1.05. The Balaban J connectivity index is 1.95. The van der Waals surface area contributed by atoms with Crippen molar-refractivity contribution < 1.29 is 9.53 Å². The highest BCUT2D eigenvalue weighted by molar-refractivity contribution is 8.01. The molecule has 2 rings (SSSR count). The lowest BCUT2D eigenvalue weighted by Crippen LogP contribution is -2.54. The van der Waals surface area contributed by atoms with Gasteiger partial charge in [-0.25, -0.2) is 9.69 Å². The van der Waals surface area contributed by atoms with Crippen molar-refractivity contribution in [1.29, 1.82) is 0 Å². The molecular weight excluding hydrogens is 320 g/mol. The standard InChI is InChI=1S/C14H24N4O2S2/c1-4-5-6-7-10-21-13-16-15-12(22-13)18-11(20-3)8-9-17(2)14(18)19/h11H,4-10H2,1-3H3. The van der Waals surface area contributed by atoms with Crippen LogP contribution in [0, 0.1) is 0 Å². The average molecular weight is 345 g/mol. The number of ether oxygens (including phenoxy) is 1. The van der Waals surface area contributed by atoms with Gasteiger partial charge in [-0.15, -0.1) is 10.2 Å². The minimum Gasteiger partial charge on any atom is -0.361 e. The topological polar surface area (TPSA) is 58.6 Å². The molecule has 124 valence electrons. The number of unbranched alkanes of at least 4 members (excludes halogenated alkanes) is 3. The first kappa shape index (κ1) is 17.5. The Morgan fingerprint density at radius 2 is 2.18 bits per heavy atom. The van der Waals surface area contributed by atoms with Crippen LogP contribution in [0.2, 0.25) is 0 Å². The second kappa shape index (κ2) is 8.69. The van der Waals surface area contributed by atoms with Crippen LogP contribution in [0.5, 0.6) is 0 Å². The molecule has 6 nitrogen and oxygen atoms in total. The number of hydrogen-bond acceptors (Lipinski definition) is 6. The Hall–Kier alpha value is -0.860. The molecule has 1 aliphatic heterocycles. The summed E-state index contributed by atoms with van der Waals surface area (Å²) in [7, 11) is 3.42. The van der Waals surface area contributed by atoms with Gasteiger partial charge in [0.15, 0.2) is 4.34 Å². The maximum Gasteiger partial charge on any atom is 0.328 e. The zero-order chi connectivity index (χ0) is 15.9. The van der Waals surface area contributed by atoms with E-state index in [1.54, 1.807) is 35.7 Å². The minimum atomic E-state index is -0.251. The second-order valence-electron chi connectivity index (χ2n) is 5.31. The van der Waals surface area contributed by atoms with Crippen molar-refractivity contribution in [2.24, 2.45) is 0 Å². The molecule has 0 aliphatic carbocycles. The molecule has 1 saturated heterocycles. The maximum atomic E-state index is 12.3. The SMILES string of the molecule is CCCCCCSc1nnc(N2C(=O)N(C)CCC2OC)s1. The van der Waals surface area contributed by atoms with Gasteiger partial charge in [-0.1, -0.05) is 49.3 Å². The molecular formula is C14H24N4O2S2. The van der Waals surface area contributed by atoms with Crippen LogP contribution in [0.25, 0.3) is 0 Å². The molecule has 1 aromatic rings. The molecule has 1 unspecified atom stereocenters. The predicted molar refractivity (Wildman–Crippen MR) is 90.7 cm³/mol. The van der Waals surface area contributed by atoms with Crippen molar-refractivity contribution in [3.05, 3.63) is 0 Å². The average Bonchev–Trinajstić information content (AvgIpc) is 2.98. The van der Waals surface area contributed by atoms with Gasteiger partial charge < -0.3 is 9.64 Å². The first-order valence-corrected chi connectivity index (χ1v) is 9.51. The van der Waals surface area contributed by atoms with Crippen molar-refractivity contribution in [2.75, 3.05) is 31.4 Å². The molecule has 0 bridgehead atoms. The van der Waals surface area contributed by atoms with Gasteiger partial charge in [-0.05, 0) is 6.42 Å². The summed E-state index contributed by atoms with van der Waals surface area (Å²) in [5.41, 5.74) is 0. The lowest BCUT2D eigenvalue weighted by molar-refractivity contribution is 0.0700. The van der Waals surface area contributed by atoms with Crippen LogP contribution >= 0.6 is 23.1 Å². The van der Waals surface area contributed by atoms with Crippen molar-refractivity contribution in [1.82, 2.24) is 15.1 Å². The number of hydrogen-bond donors (Lipinski definition) is 0. The Labute approximate surface area is 140 Å². The van der Waals surface area contributed by atoms with Gasteiger partial charge in [0.05, 0.1) is 0 Å². The van der Waals surface area contributed by atoms with Crippen molar-refractivity contribution in [3.63, 3.8) is 0 Å². The fourth-order valence-corrected chi connectivity index (χ4v) is 4.26. The van der Waals surface area contributed by atoms with E-state index in [0.29, 0.717) is 11.7 Å². The van der Waals surface area contributed by atoms with Crippen LogP contribution in [-0.2, 0) is 4.74 Å². The maximum absolute atomic E-state index is 12.3. The third-order valence-corrected chi connectivity index (χ3v) is 5.77. The van der Waals surface area contributed by atoms with E-state index in [0.717, 1.165) is 16.5 Å². The summed E-state index contributed by atoms with van der Waals surface area (Å²) in [6.07, 6.45) is 5.51. The first-order chi connectivity index (χ1) is 10.7. The lowest BCUT2D eigenvalue weighted by Gasteiger charge is -2.37. The third-order valence-electron chi connectivity index (χ3n) is 3.63. The van der Waals surface area contributed by atoms with E-state index in [1.165, 1.54) is 37.0 Å². The largest absolute Gasteiger partial charge is 0.361 e. The van der Waals surface area contributed by atoms with Gasteiger partial charge in [0, 0.05) is 32.9 Å². The molecule has 0 saturated carbocycles. The van der Waals surface area contributed by atoms with Crippen LogP contribution in [-0.4, -0.2) is 53.8 Å². The van der Waals surface area contributed by atoms with Crippen molar-refractivity contribution >= 4 is 34.3 Å². The van der Waals surface area contributed by atoms with Crippen molar-refractivity contribution in [3.8, 4) is 0 Å². The number of rotatable bonds is 8. The predicted octanol–water partition coefficient (Wildman–Crippen LogP) is 3.44. The summed E-state index contributed by atoms with van der Waals surface area (Å²) in [6, 6.07) is -0.0752. The summed E-state index contributed by atoms with van der Waals surface area (Å²) < 4.78 is 6.34. The van der Waals surface area contributed by atoms with Gasteiger partial charge in [0.2, 0.25) is 5.13 Å². The highest BCUT2D eigenvalue weighted by Crippen LogP contribution is 2.32. The molecule has 1 aromatic heterocycles. The zero-order valence-corrected chi connectivity index (χ0v) is 15.1. The number of carbonyl (C=O) groups excluding carboxylic acids is 1. The summed E-state index contributed by atoms with van der Waals surface area (Å²) >= 11 is 3.19. The summed E-state index contributed by atoms with van der Waals surface area (Å²) in [5, 5.41) is 9.01. The van der Waals surface area contributed by atoms with E-state index >= 15 is 0 Å². The summed E-state index contributed by atoms with van der Waals surface area (Å²) in [6.45, 7) is 2.91. The number of carbonyl (C=O) groups is 1. The van der Waals surface area contributed by atoms with E-state index in [-0.39, 0.29) is 12.3 Å². The zero-order valence-electron chi connectivity index (χ0n) is 13.4. The number of methoxy groups -OCH3 is 1. The molecule has 0 aromatic carbocycles. The number of urea groups is 1. The van der Waals surface area contributed by atoms with E-state index in [4.69, 9.17) is 4.74 Å². The molecule has 0 N–H and O–H groups in total. The Morgan fingerprint density at radius 1 is 1.36 bits per heavy atom. The highest BCUT2D eigenvalue weighted by atomic mass is 32.2. The number of anilines is 1. The Kier molecular flexibility index (Phi) is 6.91. The molecule has 2 amide bonds. The quantitative estimate of drug-likeness (QED) is 0.411. The molecule has 1 aliphatic rings. The number of amides is 2. The number of aromatic nitrogens is 2. The normalized spacial score (nSPS) is 19.0. The second-order valence-corrected chi connectivity index (χ2v) is 7.61. The van der Waals surface area contributed by atoms with Crippen LogP contribution in [0.15, 0.2) is 4.34 Å². The molecule has 0 spiro atoms. The Bertz CT molecular complexity index is 483. The fourth-order valence-electron chi connectivity index (χ4n) is 2.31.